The second-order valence-electron chi connectivity index (χ2n) is 6.16. The van der Waals surface area contributed by atoms with Gasteiger partial charge in [-0.1, -0.05) is 28.1 Å². The van der Waals surface area contributed by atoms with Gasteiger partial charge in [-0.3, -0.25) is 4.90 Å². The maximum Gasteiger partial charge on any atom is 0.0590 e. The molecule has 1 aliphatic carbocycles. The van der Waals surface area contributed by atoms with Gasteiger partial charge in [0.05, 0.1) is 6.61 Å². The van der Waals surface area contributed by atoms with Crippen LogP contribution in [-0.2, 0) is 4.74 Å². The molecule has 3 unspecified atom stereocenters. The Morgan fingerprint density at radius 1 is 1.29 bits per heavy atom. The first-order valence-corrected chi connectivity index (χ1v) is 8.59. The number of benzene rings is 1. The lowest BCUT2D eigenvalue weighted by atomic mass is 9.96. The molecule has 0 saturated heterocycles. The Balaban J connectivity index is 2.23. The van der Waals surface area contributed by atoms with E-state index in [1.807, 2.05) is 0 Å². The number of nitrogens with two attached hydrogens (primary N) is 1. The molecule has 4 heteroatoms. The SMILES string of the molecule is COCCN(C(C)C1CC1)C(c1ccc(Br)cc1)C(C)N. The molecule has 0 heterocycles. The van der Waals surface area contributed by atoms with Crippen molar-refractivity contribution in [3.8, 4) is 0 Å². The third kappa shape index (κ3) is 4.52. The minimum Gasteiger partial charge on any atom is -0.383 e. The van der Waals surface area contributed by atoms with Gasteiger partial charge in [-0.05, 0) is 50.3 Å². The van der Waals surface area contributed by atoms with Crippen molar-refractivity contribution in [3.05, 3.63) is 34.3 Å². The number of nitrogens with zero attached hydrogens (tertiary/aromatic N) is 1. The van der Waals surface area contributed by atoms with Gasteiger partial charge >= 0.3 is 0 Å². The molecule has 2 rings (SSSR count). The molecule has 0 amide bonds. The van der Waals surface area contributed by atoms with E-state index in [1.165, 1.54) is 18.4 Å². The predicted molar refractivity (Wildman–Crippen MR) is 91.3 cm³/mol. The molecule has 0 spiro atoms. The van der Waals surface area contributed by atoms with Crippen molar-refractivity contribution in [3.63, 3.8) is 0 Å². The molecule has 0 aliphatic heterocycles. The third-order valence-electron chi connectivity index (χ3n) is 4.45. The molecule has 1 aliphatic rings. The first-order valence-electron chi connectivity index (χ1n) is 7.80. The van der Waals surface area contributed by atoms with Crippen molar-refractivity contribution in [1.29, 1.82) is 0 Å². The summed E-state index contributed by atoms with van der Waals surface area (Å²) in [5, 5.41) is 0. The largest absolute Gasteiger partial charge is 0.383 e. The summed E-state index contributed by atoms with van der Waals surface area (Å²) >= 11 is 3.51. The highest BCUT2D eigenvalue weighted by Crippen LogP contribution is 2.38. The number of hydrogen-bond acceptors (Lipinski definition) is 3. The minimum absolute atomic E-state index is 0.0873. The second kappa shape index (κ2) is 7.73. The van der Waals surface area contributed by atoms with E-state index in [9.17, 15) is 0 Å². The van der Waals surface area contributed by atoms with Gasteiger partial charge in [0.1, 0.15) is 0 Å². The molecular weight excluding hydrogens is 328 g/mol. The maximum absolute atomic E-state index is 6.34. The molecule has 1 aromatic carbocycles. The van der Waals surface area contributed by atoms with Gasteiger partial charge in [0.25, 0.3) is 0 Å². The summed E-state index contributed by atoms with van der Waals surface area (Å²) in [7, 11) is 1.76. The van der Waals surface area contributed by atoms with E-state index in [2.05, 4.69) is 58.9 Å². The number of ether oxygens (including phenoxy) is 1. The van der Waals surface area contributed by atoms with Crippen molar-refractivity contribution in [2.75, 3.05) is 20.3 Å². The van der Waals surface area contributed by atoms with Crippen LogP contribution in [0.3, 0.4) is 0 Å². The molecule has 1 saturated carbocycles. The van der Waals surface area contributed by atoms with Gasteiger partial charge in [0.2, 0.25) is 0 Å². The normalized spacial score (nSPS) is 19.5. The molecule has 2 N–H and O–H groups in total. The summed E-state index contributed by atoms with van der Waals surface area (Å²) in [6, 6.07) is 9.43. The minimum atomic E-state index is 0.0873. The van der Waals surface area contributed by atoms with E-state index in [1.54, 1.807) is 7.11 Å². The fraction of sp³-hybridized carbons (Fsp3) is 0.647. The van der Waals surface area contributed by atoms with E-state index in [-0.39, 0.29) is 12.1 Å². The van der Waals surface area contributed by atoms with Crippen LogP contribution in [-0.4, -0.2) is 37.2 Å². The zero-order valence-corrected chi connectivity index (χ0v) is 14.8. The van der Waals surface area contributed by atoms with Crippen molar-refractivity contribution >= 4 is 15.9 Å². The number of hydrogen-bond donors (Lipinski definition) is 1. The smallest absolute Gasteiger partial charge is 0.0590 e. The summed E-state index contributed by atoms with van der Waals surface area (Å²) in [5.41, 5.74) is 7.63. The van der Waals surface area contributed by atoms with E-state index in [0.717, 1.165) is 23.5 Å². The molecule has 1 aromatic rings. The maximum atomic E-state index is 6.34. The van der Waals surface area contributed by atoms with Gasteiger partial charge in [-0.25, -0.2) is 0 Å². The molecule has 1 fully saturated rings. The van der Waals surface area contributed by atoms with Gasteiger partial charge in [0, 0.05) is 36.3 Å². The van der Waals surface area contributed by atoms with Gasteiger partial charge in [0.15, 0.2) is 0 Å². The van der Waals surface area contributed by atoms with Crippen LogP contribution in [0.5, 0.6) is 0 Å². The van der Waals surface area contributed by atoms with Crippen molar-refractivity contribution < 1.29 is 4.74 Å². The molecule has 0 aromatic heterocycles. The summed E-state index contributed by atoms with van der Waals surface area (Å²) < 4.78 is 6.42. The number of halogens is 1. The van der Waals surface area contributed by atoms with Crippen molar-refractivity contribution in [2.45, 2.75) is 44.8 Å². The van der Waals surface area contributed by atoms with E-state index in [0.29, 0.717) is 6.04 Å². The van der Waals surface area contributed by atoms with Crippen molar-refractivity contribution in [2.24, 2.45) is 11.7 Å². The van der Waals surface area contributed by atoms with Crippen LogP contribution < -0.4 is 5.73 Å². The van der Waals surface area contributed by atoms with E-state index >= 15 is 0 Å². The van der Waals surface area contributed by atoms with E-state index in [4.69, 9.17) is 10.5 Å². The fourth-order valence-corrected chi connectivity index (χ4v) is 3.36. The van der Waals surface area contributed by atoms with Crippen LogP contribution in [0.15, 0.2) is 28.7 Å². The highest BCUT2D eigenvalue weighted by Gasteiger charge is 2.36. The van der Waals surface area contributed by atoms with Gasteiger partial charge in [-0.15, -0.1) is 0 Å². The number of methoxy groups -OCH3 is 1. The van der Waals surface area contributed by atoms with Crippen molar-refractivity contribution in [1.82, 2.24) is 4.90 Å². The highest BCUT2D eigenvalue weighted by atomic mass is 79.9. The van der Waals surface area contributed by atoms with Crippen LogP contribution in [0.2, 0.25) is 0 Å². The summed E-state index contributed by atoms with van der Waals surface area (Å²) in [6.07, 6.45) is 2.69. The first-order chi connectivity index (χ1) is 10.0. The van der Waals surface area contributed by atoms with Gasteiger partial charge in [-0.2, -0.15) is 0 Å². The Hall–Kier alpha value is -0.420. The molecule has 21 heavy (non-hydrogen) atoms. The van der Waals surface area contributed by atoms with Crippen LogP contribution >= 0.6 is 15.9 Å². The lowest BCUT2D eigenvalue weighted by Crippen LogP contribution is -2.46. The Morgan fingerprint density at radius 3 is 2.38 bits per heavy atom. The number of rotatable bonds is 8. The lowest BCUT2D eigenvalue weighted by molar-refractivity contribution is 0.0719. The zero-order chi connectivity index (χ0) is 15.4. The monoisotopic (exact) mass is 354 g/mol. The predicted octanol–water partition coefficient (Wildman–Crippen LogP) is 3.58. The van der Waals surface area contributed by atoms with Crippen LogP contribution in [0.4, 0.5) is 0 Å². The Labute approximate surface area is 137 Å². The molecule has 0 bridgehead atoms. The van der Waals surface area contributed by atoms with Crippen LogP contribution in [0.1, 0.15) is 38.3 Å². The van der Waals surface area contributed by atoms with E-state index < -0.39 is 0 Å². The van der Waals surface area contributed by atoms with Crippen LogP contribution in [0.25, 0.3) is 0 Å². The Kier molecular flexibility index (Phi) is 6.23. The average molecular weight is 355 g/mol. The topological polar surface area (TPSA) is 38.5 Å². The fourth-order valence-electron chi connectivity index (χ4n) is 3.10. The molecule has 118 valence electrons. The summed E-state index contributed by atoms with van der Waals surface area (Å²) in [6.45, 7) is 6.11. The molecule has 0 radical (unpaired) electrons. The first kappa shape index (κ1) is 16.9. The quantitative estimate of drug-likeness (QED) is 0.775. The molecule has 3 nitrogen and oxygen atoms in total. The second-order valence-corrected chi connectivity index (χ2v) is 7.08. The zero-order valence-electron chi connectivity index (χ0n) is 13.3. The standard InChI is InChI=1S/C17H27BrN2O/c1-12(19)17(15-6-8-16(18)9-7-15)20(10-11-21-3)13(2)14-4-5-14/h6-9,12-14,17H,4-5,10-11,19H2,1-3H3. The van der Waals surface area contributed by atoms with Crippen LogP contribution in [0, 0.1) is 5.92 Å². The Morgan fingerprint density at radius 2 is 1.90 bits per heavy atom. The lowest BCUT2D eigenvalue weighted by Gasteiger charge is -2.39. The highest BCUT2D eigenvalue weighted by molar-refractivity contribution is 9.10. The van der Waals surface area contributed by atoms with Gasteiger partial charge < -0.3 is 10.5 Å². The Bertz CT molecular complexity index is 431. The average Bonchev–Trinajstić information content (AvgIpc) is 3.28. The summed E-state index contributed by atoms with van der Waals surface area (Å²) in [4.78, 5) is 2.54. The summed E-state index contributed by atoms with van der Waals surface area (Å²) in [5.74, 6) is 0.818. The molecule has 3 atom stereocenters. The third-order valence-corrected chi connectivity index (χ3v) is 4.98. The molecular formula is C17H27BrN2O.